The molecule has 3 rings (SSSR count). The number of aliphatic hydroxyl groups excluding tert-OH is 1. The normalized spacial score (nSPS) is 15.1. The Morgan fingerprint density at radius 3 is 2.68 bits per heavy atom. The van der Waals surface area contributed by atoms with E-state index in [0.29, 0.717) is 29.8 Å². The molecule has 0 unspecified atom stereocenters. The Morgan fingerprint density at radius 2 is 2.06 bits per heavy atom. The standard InChI is InChI=1S/C19H22F3N3O4S2/c1-31(28,29)24-7-5-16-14(12-24)18(23-25(16)6-2-8-26)13-3-4-15(19(20,21)22)17(11-13)30-10-9-27/h3-4,8,11,27H,2,5-7,9-10,12H2,1H3. The molecule has 7 nitrogen and oxygen atoms in total. The molecular weight excluding hydrogens is 455 g/mol. The van der Waals surface area contributed by atoms with Crippen LogP contribution in [0.25, 0.3) is 11.3 Å². The third kappa shape index (κ3) is 5.30. The minimum atomic E-state index is -4.55. The molecule has 12 heteroatoms. The zero-order valence-corrected chi connectivity index (χ0v) is 18.4. The van der Waals surface area contributed by atoms with Crippen molar-refractivity contribution in [2.75, 3.05) is 25.2 Å². The van der Waals surface area contributed by atoms with Crippen LogP contribution < -0.4 is 0 Å². The minimum Gasteiger partial charge on any atom is -0.396 e. The summed E-state index contributed by atoms with van der Waals surface area (Å²) in [4.78, 5) is 10.8. The highest BCUT2D eigenvalue weighted by Crippen LogP contribution is 2.40. The summed E-state index contributed by atoms with van der Waals surface area (Å²) in [6.45, 7) is 0.357. The van der Waals surface area contributed by atoms with Gasteiger partial charge < -0.3 is 9.90 Å². The van der Waals surface area contributed by atoms with E-state index in [2.05, 4.69) is 5.10 Å². The largest absolute Gasteiger partial charge is 0.417 e. The van der Waals surface area contributed by atoms with E-state index >= 15 is 0 Å². The maximum absolute atomic E-state index is 13.4. The number of alkyl halides is 3. The number of hydrogen-bond acceptors (Lipinski definition) is 6. The molecule has 170 valence electrons. The summed E-state index contributed by atoms with van der Waals surface area (Å²) in [5.41, 5.74) is 1.42. The Morgan fingerprint density at radius 1 is 1.32 bits per heavy atom. The van der Waals surface area contributed by atoms with Crippen LogP contribution in [0, 0.1) is 0 Å². The molecule has 0 saturated carbocycles. The molecule has 0 spiro atoms. The Balaban J connectivity index is 2.11. The van der Waals surface area contributed by atoms with E-state index in [1.165, 1.54) is 16.4 Å². The SMILES string of the molecule is CS(=O)(=O)N1CCc2c(c(-c3ccc(C(F)(F)F)c(SCCO)c3)nn2CCC=O)C1. The van der Waals surface area contributed by atoms with Crippen LogP contribution in [0.3, 0.4) is 0 Å². The second-order valence-electron chi connectivity index (χ2n) is 7.08. The lowest BCUT2D eigenvalue weighted by Crippen LogP contribution is -2.35. The molecule has 0 saturated heterocycles. The van der Waals surface area contributed by atoms with E-state index < -0.39 is 21.8 Å². The maximum Gasteiger partial charge on any atom is 0.417 e. The number of benzene rings is 1. The number of thioether (sulfide) groups is 1. The lowest BCUT2D eigenvalue weighted by molar-refractivity contribution is -0.139. The number of aldehydes is 1. The van der Waals surface area contributed by atoms with Crippen LogP contribution >= 0.6 is 11.8 Å². The van der Waals surface area contributed by atoms with Gasteiger partial charge in [-0.15, -0.1) is 11.8 Å². The lowest BCUT2D eigenvalue weighted by Gasteiger charge is -2.25. The van der Waals surface area contributed by atoms with E-state index in [0.717, 1.165) is 36.1 Å². The lowest BCUT2D eigenvalue weighted by atomic mass is 10.0. The first-order valence-electron chi connectivity index (χ1n) is 9.49. The van der Waals surface area contributed by atoms with Crippen LogP contribution in [0.2, 0.25) is 0 Å². The highest BCUT2D eigenvalue weighted by atomic mass is 32.2. The Kier molecular flexibility index (Phi) is 7.14. The highest BCUT2D eigenvalue weighted by molar-refractivity contribution is 7.99. The number of sulfonamides is 1. The van der Waals surface area contributed by atoms with E-state index in [9.17, 15) is 26.4 Å². The molecule has 0 fully saturated rings. The van der Waals surface area contributed by atoms with E-state index in [1.54, 1.807) is 4.68 Å². The fourth-order valence-electron chi connectivity index (χ4n) is 3.52. The molecule has 1 aliphatic heterocycles. The second-order valence-corrected chi connectivity index (χ2v) is 10.2. The monoisotopic (exact) mass is 477 g/mol. The Labute approximate surface area is 182 Å². The predicted molar refractivity (Wildman–Crippen MR) is 110 cm³/mol. The minimum absolute atomic E-state index is 0.0361. The molecule has 31 heavy (non-hydrogen) atoms. The van der Waals surface area contributed by atoms with E-state index in [-0.39, 0.29) is 36.8 Å². The van der Waals surface area contributed by atoms with Crippen LogP contribution in [0.1, 0.15) is 23.2 Å². The van der Waals surface area contributed by atoms with Gasteiger partial charge in [-0.05, 0) is 12.1 Å². The smallest absolute Gasteiger partial charge is 0.396 e. The van der Waals surface area contributed by atoms with Crippen LogP contribution in [0.5, 0.6) is 0 Å². The summed E-state index contributed by atoms with van der Waals surface area (Å²) in [5.74, 6) is 0.0975. The average Bonchev–Trinajstić information content (AvgIpc) is 3.07. The molecule has 2 heterocycles. The van der Waals surface area contributed by atoms with Crippen molar-refractivity contribution >= 4 is 28.1 Å². The highest BCUT2D eigenvalue weighted by Gasteiger charge is 2.34. The van der Waals surface area contributed by atoms with Gasteiger partial charge in [0.25, 0.3) is 0 Å². The van der Waals surface area contributed by atoms with Gasteiger partial charge in [0, 0.05) is 59.9 Å². The van der Waals surface area contributed by atoms with Gasteiger partial charge in [-0.1, -0.05) is 6.07 Å². The molecule has 0 atom stereocenters. The number of carbonyl (C=O) groups is 1. The number of aryl methyl sites for hydroxylation is 1. The van der Waals surface area contributed by atoms with Gasteiger partial charge in [-0.25, -0.2) is 8.42 Å². The number of carbonyl (C=O) groups excluding carboxylic acids is 1. The van der Waals surface area contributed by atoms with Crippen molar-refractivity contribution in [2.24, 2.45) is 0 Å². The number of aromatic nitrogens is 2. The van der Waals surface area contributed by atoms with Crippen molar-refractivity contribution in [1.29, 1.82) is 0 Å². The summed E-state index contributed by atoms with van der Waals surface area (Å²) in [6.07, 6.45) is -2.08. The summed E-state index contributed by atoms with van der Waals surface area (Å²) in [7, 11) is -3.46. The first-order chi connectivity index (χ1) is 14.6. The van der Waals surface area contributed by atoms with E-state index in [1.807, 2.05) is 0 Å². The van der Waals surface area contributed by atoms with Gasteiger partial charge >= 0.3 is 6.18 Å². The maximum atomic E-state index is 13.4. The predicted octanol–water partition coefficient (Wildman–Crippen LogP) is 2.56. The van der Waals surface area contributed by atoms with Crippen molar-refractivity contribution in [3.63, 3.8) is 0 Å². The summed E-state index contributed by atoms with van der Waals surface area (Å²) in [6, 6.07) is 3.66. The third-order valence-electron chi connectivity index (χ3n) is 4.94. The van der Waals surface area contributed by atoms with Crippen molar-refractivity contribution in [1.82, 2.24) is 14.1 Å². The molecule has 0 bridgehead atoms. The number of nitrogens with zero attached hydrogens (tertiary/aromatic N) is 3. The summed E-state index contributed by atoms with van der Waals surface area (Å²) < 4.78 is 67.3. The fourth-order valence-corrected chi connectivity index (χ4v) is 5.17. The number of fused-ring (bicyclic) bond motifs is 1. The third-order valence-corrected chi connectivity index (χ3v) is 7.22. The van der Waals surface area contributed by atoms with Crippen LogP contribution in [0.15, 0.2) is 23.1 Å². The van der Waals surface area contributed by atoms with Crippen LogP contribution in [0.4, 0.5) is 13.2 Å². The van der Waals surface area contributed by atoms with Crippen molar-refractivity contribution in [3.05, 3.63) is 35.0 Å². The molecule has 0 amide bonds. The molecule has 1 aliphatic rings. The number of aliphatic hydroxyl groups is 1. The molecule has 2 aromatic rings. The average molecular weight is 478 g/mol. The van der Waals surface area contributed by atoms with Gasteiger partial charge in [0.05, 0.1) is 24.1 Å². The van der Waals surface area contributed by atoms with E-state index in [4.69, 9.17) is 5.11 Å². The first kappa shape index (κ1) is 23.8. The van der Waals surface area contributed by atoms with Gasteiger partial charge in [-0.2, -0.15) is 22.6 Å². The van der Waals surface area contributed by atoms with Crippen molar-refractivity contribution < 1.29 is 31.5 Å². The zero-order valence-electron chi connectivity index (χ0n) is 16.7. The summed E-state index contributed by atoms with van der Waals surface area (Å²) >= 11 is 0.888. The van der Waals surface area contributed by atoms with Gasteiger partial charge in [-0.3, -0.25) is 4.68 Å². The topological polar surface area (TPSA) is 92.5 Å². The van der Waals surface area contributed by atoms with Gasteiger partial charge in [0.1, 0.15) is 6.29 Å². The van der Waals surface area contributed by atoms with Crippen molar-refractivity contribution in [2.45, 2.75) is 37.0 Å². The molecule has 0 radical (unpaired) electrons. The number of hydrogen-bond donors (Lipinski definition) is 1. The zero-order chi connectivity index (χ0) is 22.8. The summed E-state index contributed by atoms with van der Waals surface area (Å²) in [5, 5.41) is 13.6. The number of halogens is 3. The quantitative estimate of drug-likeness (QED) is 0.464. The number of rotatable bonds is 8. The Bertz CT molecular complexity index is 1070. The second kappa shape index (κ2) is 9.31. The molecular formula is C19H22F3N3O4S2. The molecule has 1 aromatic heterocycles. The first-order valence-corrected chi connectivity index (χ1v) is 12.3. The Hall–Kier alpha value is -1.89. The molecule has 1 aromatic carbocycles. The van der Waals surface area contributed by atoms with Crippen LogP contribution in [-0.4, -0.2) is 59.1 Å². The molecule has 1 N–H and O–H groups in total. The van der Waals surface area contributed by atoms with Crippen LogP contribution in [-0.2, 0) is 40.5 Å². The van der Waals surface area contributed by atoms with Gasteiger partial charge in [0.15, 0.2) is 0 Å². The molecule has 0 aliphatic carbocycles. The van der Waals surface area contributed by atoms with Crippen molar-refractivity contribution in [3.8, 4) is 11.3 Å². The van der Waals surface area contributed by atoms with Gasteiger partial charge in [0.2, 0.25) is 10.0 Å². The fraction of sp³-hybridized carbons (Fsp3) is 0.474.